The summed E-state index contributed by atoms with van der Waals surface area (Å²) in [4.78, 5) is 10.5. The average Bonchev–Trinajstić information content (AvgIpc) is 3.34. The average molecular weight is 377 g/mol. The topological polar surface area (TPSA) is 96.8 Å². The van der Waals surface area contributed by atoms with Crippen molar-refractivity contribution in [2.75, 3.05) is 5.01 Å². The molecule has 0 saturated carbocycles. The quantitative estimate of drug-likeness (QED) is 0.538. The van der Waals surface area contributed by atoms with Crippen LogP contribution >= 0.6 is 0 Å². The SMILES string of the molecule is CCn1nccc1[C@@H]1CC(c2cccc(O)c2)=NN1c1ccc([N+](=O)[O-])cc1. The zero-order valence-corrected chi connectivity index (χ0v) is 15.3. The first kappa shape index (κ1) is 17.7. The lowest BCUT2D eigenvalue weighted by Gasteiger charge is -2.24. The van der Waals surface area contributed by atoms with Crippen molar-refractivity contribution in [3.63, 3.8) is 0 Å². The number of hydrogen-bond donors (Lipinski definition) is 1. The van der Waals surface area contributed by atoms with E-state index in [4.69, 9.17) is 5.10 Å². The van der Waals surface area contributed by atoms with Gasteiger partial charge in [0.25, 0.3) is 5.69 Å². The molecule has 4 rings (SSSR count). The lowest BCUT2D eigenvalue weighted by atomic mass is 10.0. The molecule has 3 aromatic rings. The molecule has 8 nitrogen and oxygen atoms in total. The first-order valence-corrected chi connectivity index (χ1v) is 8.99. The fourth-order valence-corrected chi connectivity index (χ4v) is 3.46. The van der Waals surface area contributed by atoms with Crippen LogP contribution in [0.25, 0.3) is 0 Å². The Labute approximate surface area is 161 Å². The zero-order chi connectivity index (χ0) is 19.7. The van der Waals surface area contributed by atoms with Crippen molar-refractivity contribution in [1.29, 1.82) is 0 Å². The third kappa shape index (κ3) is 3.20. The van der Waals surface area contributed by atoms with Crippen LogP contribution in [0.3, 0.4) is 0 Å². The Hall–Kier alpha value is -3.68. The number of rotatable bonds is 5. The van der Waals surface area contributed by atoms with E-state index in [2.05, 4.69) is 5.10 Å². The number of nitro groups is 1. The third-order valence-electron chi connectivity index (χ3n) is 4.81. The molecule has 2 aromatic carbocycles. The van der Waals surface area contributed by atoms with Gasteiger partial charge in [0.15, 0.2) is 0 Å². The molecule has 8 heteroatoms. The molecule has 2 heterocycles. The number of hydrogen-bond acceptors (Lipinski definition) is 6. The first-order valence-electron chi connectivity index (χ1n) is 8.99. The number of aromatic hydroxyl groups is 1. The number of nitro benzene ring substituents is 1. The van der Waals surface area contributed by atoms with Crippen molar-refractivity contribution in [2.24, 2.45) is 5.10 Å². The molecule has 0 saturated heterocycles. The molecule has 0 amide bonds. The highest BCUT2D eigenvalue weighted by Crippen LogP contribution is 2.37. The van der Waals surface area contributed by atoms with Gasteiger partial charge in [-0.15, -0.1) is 0 Å². The van der Waals surface area contributed by atoms with E-state index in [-0.39, 0.29) is 17.5 Å². The predicted octanol–water partition coefficient (Wildman–Crippen LogP) is 3.87. The molecule has 1 aromatic heterocycles. The summed E-state index contributed by atoms with van der Waals surface area (Å²) in [6.45, 7) is 2.76. The van der Waals surface area contributed by atoms with Crippen molar-refractivity contribution >= 4 is 17.1 Å². The minimum atomic E-state index is -0.418. The number of aromatic nitrogens is 2. The van der Waals surface area contributed by atoms with E-state index in [1.165, 1.54) is 12.1 Å². The second-order valence-corrected chi connectivity index (χ2v) is 6.51. The van der Waals surface area contributed by atoms with Gasteiger partial charge < -0.3 is 5.11 Å². The fraction of sp³-hybridized carbons (Fsp3) is 0.200. The van der Waals surface area contributed by atoms with E-state index in [1.54, 1.807) is 36.5 Å². The molecule has 1 N–H and O–H groups in total. The van der Waals surface area contributed by atoms with Crippen LogP contribution in [0.2, 0.25) is 0 Å². The number of phenols is 1. The highest BCUT2D eigenvalue weighted by atomic mass is 16.6. The van der Waals surface area contributed by atoms with E-state index in [1.807, 2.05) is 28.7 Å². The van der Waals surface area contributed by atoms with Gasteiger partial charge in [-0.25, -0.2) is 0 Å². The summed E-state index contributed by atoms with van der Waals surface area (Å²) in [5.74, 6) is 0.184. The number of nitrogens with zero attached hydrogens (tertiary/aromatic N) is 5. The van der Waals surface area contributed by atoms with Gasteiger partial charge in [-0.1, -0.05) is 12.1 Å². The van der Waals surface area contributed by atoms with E-state index < -0.39 is 4.92 Å². The smallest absolute Gasteiger partial charge is 0.269 e. The summed E-state index contributed by atoms with van der Waals surface area (Å²) >= 11 is 0. The molecule has 28 heavy (non-hydrogen) atoms. The van der Waals surface area contributed by atoms with Crippen LogP contribution in [0.4, 0.5) is 11.4 Å². The molecule has 1 aliphatic rings. The highest BCUT2D eigenvalue weighted by Gasteiger charge is 2.32. The molecular weight excluding hydrogens is 358 g/mol. The Bertz CT molecular complexity index is 1040. The van der Waals surface area contributed by atoms with Gasteiger partial charge in [-0.2, -0.15) is 10.2 Å². The van der Waals surface area contributed by atoms with Gasteiger partial charge in [0.1, 0.15) is 5.75 Å². The van der Waals surface area contributed by atoms with Crippen LogP contribution in [-0.2, 0) is 6.54 Å². The lowest BCUT2D eigenvalue weighted by molar-refractivity contribution is -0.384. The Morgan fingerprint density at radius 3 is 2.68 bits per heavy atom. The Balaban J connectivity index is 1.76. The number of anilines is 1. The normalized spacial score (nSPS) is 16.2. The molecule has 142 valence electrons. The van der Waals surface area contributed by atoms with Crippen molar-refractivity contribution in [1.82, 2.24) is 9.78 Å². The molecule has 0 unspecified atom stereocenters. The van der Waals surface area contributed by atoms with Gasteiger partial charge in [-0.05, 0) is 37.3 Å². The summed E-state index contributed by atoms with van der Waals surface area (Å²) in [5, 5.41) is 31.8. The summed E-state index contributed by atoms with van der Waals surface area (Å²) in [5.41, 5.74) is 3.49. The number of aryl methyl sites for hydroxylation is 1. The summed E-state index contributed by atoms with van der Waals surface area (Å²) in [7, 11) is 0. The molecule has 1 aliphatic heterocycles. The molecule has 0 fully saturated rings. The van der Waals surface area contributed by atoms with Crippen LogP contribution in [0.1, 0.15) is 30.6 Å². The summed E-state index contributed by atoms with van der Waals surface area (Å²) in [6.07, 6.45) is 2.39. The second-order valence-electron chi connectivity index (χ2n) is 6.51. The maximum Gasteiger partial charge on any atom is 0.269 e. The number of benzene rings is 2. The summed E-state index contributed by atoms with van der Waals surface area (Å²) < 4.78 is 1.92. The van der Waals surface area contributed by atoms with E-state index in [0.29, 0.717) is 6.42 Å². The second kappa shape index (κ2) is 7.15. The molecular formula is C20H19N5O3. The highest BCUT2D eigenvalue weighted by molar-refractivity contribution is 6.03. The Kier molecular flexibility index (Phi) is 4.52. The van der Waals surface area contributed by atoms with Gasteiger partial charge in [0, 0.05) is 36.9 Å². The van der Waals surface area contributed by atoms with Gasteiger partial charge in [-0.3, -0.25) is 19.8 Å². The van der Waals surface area contributed by atoms with E-state index >= 15 is 0 Å². The monoisotopic (exact) mass is 377 g/mol. The molecule has 0 aliphatic carbocycles. The van der Waals surface area contributed by atoms with Gasteiger partial charge >= 0.3 is 0 Å². The standard InChI is InChI=1S/C20H19N5O3/c1-2-23-19(10-11-21-23)20-13-18(14-4-3-5-17(26)12-14)22-24(20)15-6-8-16(9-7-15)25(27)28/h3-12,20,26H,2,13H2,1H3/t20-/m0/s1. The molecule has 0 radical (unpaired) electrons. The maximum absolute atomic E-state index is 11.0. The van der Waals surface area contributed by atoms with Crippen LogP contribution in [-0.4, -0.2) is 25.5 Å². The minimum Gasteiger partial charge on any atom is -0.508 e. The van der Waals surface area contributed by atoms with E-state index in [0.717, 1.165) is 29.2 Å². The van der Waals surface area contributed by atoms with Crippen LogP contribution in [0.5, 0.6) is 5.75 Å². The zero-order valence-electron chi connectivity index (χ0n) is 15.3. The molecule has 0 bridgehead atoms. The molecule has 1 atom stereocenters. The largest absolute Gasteiger partial charge is 0.508 e. The van der Waals surface area contributed by atoms with E-state index in [9.17, 15) is 15.2 Å². The first-order chi connectivity index (χ1) is 13.6. The van der Waals surface area contributed by atoms with Crippen molar-refractivity contribution < 1.29 is 10.0 Å². The lowest BCUT2D eigenvalue weighted by Crippen LogP contribution is -2.21. The maximum atomic E-state index is 11.0. The molecule has 0 spiro atoms. The number of non-ortho nitro benzene ring substituents is 1. The van der Waals surface area contributed by atoms with Crippen LogP contribution in [0.15, 0.2) is 65.9 Å². The Morgan fingerprint density at radius 2 is 2.00 bits per heavy atom. The van der Waals surface area contributed by atoms with Crippen molar-refractivity contribution in [3.8, 4) is 5.75 Å². The number of hydrazone groups is 1. The van der Waals surface area contributed by atoms with Crippen LogP contribution in [0, 0.1) is 10.1 Å². The summed E-state index contributed by atoms with van der Waals surface area (Å²) in [6, 6.07) is 15.2. The minimum absolute atomic E-state index is 0.0373. The fourth-order valence-electron chi connectivity index (χ4n) is 3.46. The van der Waals surface area contributed by atoms with Gasteiger partial charge in [0.05, 0.1) is 28.1 Å². The number of phenolic OH excluding ortho intramolecular Hbond substituents is 1. The van der Waals surface area contributed by atoms with Crippen molar-refractivity contribution in [3.05, 3.63) is 82.2 Å². The van der Waals surface area contributed by atoms with Crippen LogP contribution < -0.4 is 5.01 Å². The Morgan fingerprint density at radius 1 is 1.21 bits per heavy atom. The third-order valence-corrected chi connectivity index (χ3v) is 4.81. The van der Waals surface area contributed by atoms with Gasteiger partial charge in [0.2, 0.25) is 0 Å². The predicted molar refractivity (Wildman–Crippen MR) is 105 cm³/mol. The van der Waals surface area contributed by atoms with Crippen molar-refractivity contribution in [2.45, 2.75) is 25.9 Å².